The average Bonchev–Trinajstić information content (AvgIpc) is 3.11. The molecule has 0 fully saturated rings. The number of benzene rings is 3. The Kier molecular flexibility index (Phi) is 6.05. The third-order valence-corrected chi connectivity index (χ3v) is 36.7. The maximum absolute atomic E-state index is 13.7. The van der Waals surface area contributed by atoms with Gasteiger partial charge in [0.15, 0.2) is 0 Å². The van der Waals surface area contributed by atoms with Crippen molar-refractivity contribution in [1.82, 2.24) is 3.80 Å². The first-order valence-corrected chi connectivity index (χ1v) is 22.6. The molecule has 3 aromatic carbocycles. The Morgan fingerprint density at radius 2 is 1.53 bits per heavy atom. The fourth-order valence-corrected chi connectivity index (χ4v) is 16.6. The predicted octanol–water partition coefficient (Wildman–Crippen LogP) is 6.51. The SMILES string of the molecule is C[SiH](C)[Ti]([Cl])([Cl])([NH]C(=O)c1ccccc1C(C)(C)C)[c]1cccc2c1Cc1ccccc1-2. The molecular weight excluding hydrogens is 489 g/mol. The van der Waals surface area contributed by atoms with E-state index >= 15 is 0 Å². The van der Waals surface area contributed by atoms with Crippen LogP contribution in [0.2, 0.25) is 13.1 Å². The van der Waals surface area contributed by atoms with Gasteiger partial charge in [0.1, 0.15) is 0 Å². The van der Waals surface area contributed by atoms with Gasteiger partial charge in [0.2, 0.25) is 0 Å². The molecule has 0 aliphatic heterocycles. The molecule has 4 rings (SSSR count). The van der Waals surface area contributed by atoms with Gasteiger partial charge in [0.05, 0.1) is 0 Å². The van der Waals surface area contributed by atoms with Crippen LogP contribution in [0, 0.1) is 0 Å². The van der Waals surface area contributed by atoms with Crippen LogP contribution in [-0.2, 0) is 24.5 Å². The summed E-state index contributed by atoms with van der Waals surface area (Å²) in [5.41, 5.74) is 6.38. The molecular formula is C26H30Cl2NOSiTi. The van der Waals surface area contributed by atoms with Crippen molar-refractivity contribution in [1.29, 1.82) is 0 Å². The number of amides is 1. The number of nitrogens with one attached hydrogen (secondary N) is 1. The standard InChI is InChI=1S/C13H9.C11H15NO.C2H7Si.2ClH.Ti/c1-3-7-12-10(5-1)9-11-6-2-4-8-13(11)12;1-11(2,3)9-7-5-4-6-8(9)10(12)13;1-3-2;;;/h1-5,7-8H,9H2;4-7H,1-3H3,(H2,12,13);3H,1-2H3;2*1H;/q;;;;;+3/p-3. The minimum absolute atomic E-state index is 0.160. The Morgan fingerprint density at radius 3 is 2.22 bits per heavy atom. The molecule has 0 heterocycles. The van der Waals surface area contributed by atoms with Gasteiger partial charge in [-0.15, -0.1) is 0 Å². The summed E-state index contributed by atoms with van der Waals surface area (Å²) in [5.74, 6) is -0.160. The molecule has 32 heavy (non-hydrogen) atoms. The van der Waals surface area contributed by atoms with Gasteiger partial charge in [-0.3, -0.25) is 0 Å². The number of carbonyl (C=O) groups is 1. The summed E-state index contributed by atoms with van der Waals surface area (Å²) in [6, 6.07) is 22.5. The monoisotopic (exact) mass is 518 g/mol. The summed E-state index contributed by atoms with van der Waals surface area (Å²) in [6.07, 6.45) is 0.802. The van der Waals surface area contributed by atoms with E-state index in [4.69, 9.17) is 18.6 Å². The summed E-state index contributed by atoms with van der Waals surface area (Å²) in [6.45, 7) is 8.95. The number of hydrogen-bond acceptors (Lipinski definition) is 1. The molecule has 1 N–H and O–H groups in total. The molecule has 3 aromatic rings. The van der Waals surface area contributed by atoms with E-state index in [2.05, 4.69) is 74.1 Å². The number of hydrogen-bond donors (Lipinski definition) is 1. The van der Waals surface area contributed by atoms with Crippen molar-refractivity contribution in [2.75, 3.05) is 0 Å². The normalized spacial score (nSPS) is 14.4. The van der Waals surface area contributed by atoms with Crippen molar-refractivity contribution in [2.45, 2.75) is 45.7 Å². The van der Waals surface area contributed by atoms with Gasteiger partial charge < -0.3 is 0 Å². The van der Waals surface area contributed by atoms with Gasteiger partial charge in [-0.25, -0.2) is 0 Å². The second-order valence-electron chi connectivity index (χ2n) is 10.2. The van der Waals surface area contributed by atoms with Crippen molar-refractivity contribution in [3.8, 4) is 11.1 Å². The Morgan fingerprint density at radius 1 is 0.906 bits per heavy atom. The second-order valence-corrected chi connectivity index (χ2v) is 37.5. The van der Waals surface area contributed by atoms with E-state index in [9.17, 15) is 4.79 Å². The van der Waals surface area contributed by atoms with Crippen LogP contribution < -0.4 is 7.67 Å². The summed E-state index contributed by atoms with van der Waals surface area (Å²) in [4.78, 5) is 13.7. The minimum atomic E-state index is -4.62. The van der Waals surface area contributed by atoms with Gasteiger partial charge in [0.25, 0.3) is 0 Å². The van der Waals surface area contributed by atoms with E-state index < -0.39 is 19.4 Å². The summed E-state index contributed by atoms with van der Waals surface area (Å²) in [7, 11) is 15.2. The molecule has 1 amide bonds. The van der Waals surface area contributed by atoms with Gasteiger partial charge in [-0.2, -0.15) is 0 Å². The molecule has 2 nitrogen and oxygen atoms in total. The third-order valence-electron chi connectivity index (χ3n) is 6.68. The van der Waals surface area contributed by atoms with Crippen molar-refractivity contribution < 1.29 is 17.5 Å². The molecule has 0 aromatic heterocycles. The summed E-state index contributed by atoms with van der Waals surface area (Å²) in [5, 5.41) is 0. The molecule has 6 heteroatoms. The average molecular weight is 519 g/mol. The number of fused-ring (bicyclic) bond motifs is 3. The van der Waals surface area contributed by atoms with E-state index in [1.807, 2.05) is 30.3 Å². The Labute approximate surface area is 201 Å². The first-order chi connectivity index (χ1) is 14.9. The van der Waals surface area contributed by atoms with Crippen LogP contribution in [0.1, 0.15) is 47.8 Å². The molecule has 1 aliphatic carbocycles. The van der Waals surface area contributed by atoms with Crippen LogP contribution in [-0.4, -0.2) is 12.6 Å². The van der Waals surface area contributed by atoms with E-state index in [1.165, 1.54) is 22.3 Å². The molecule has 0 atom stereocenters. The molecule has 0 bridgehead atoms. The second kappa shape index (κ2) is 8.14. The molecule has 1 aliphatic rings. The Balaban J connectivity index is 1.84. The molecule has 167 valence electrons. The molecule has 0 saturated heterocycles. The quantitative estimate of drug-likeness (QED) is 0.306. The first kappa shape index (κ1) is 23.8. The topological polar surface area (TPSA) is 29.1 Å². The fraction of sp³-hybridized carbons (Fsp3) is 0.269. The van der Waals surface area contributed by atoms with Crippen molar-refractivity contribution >= 4 is 35.0 Å². The van der Waals surface area contributed by atoms with Crippen LogP contribution in [0.3, 0.4) is 0 Å². The maximum atomic E-state index is 13.7. The molecule has 0 saturated carbocycles. The Bertz CT molecular complexity index is 1220. The van der Waals surface area contributed by atoms with Crippen molar-refractivity contribution in [2.24, 2.45) is 0 Å². The van der Waals surface area contributed by atoms with Gasteiger partial charge >= 0.3 is 202 Å². The van der Waals surface area contributed by atoms with Crippen LogP contribution >= 0.6 is 18.6 Å². The number of halogens is 2. The number of rotatable bonds is 4. The summed E-state index contributed by atoms with van der Waals surface area (Å²) < 4.78 is 4.30. The summed E-state index contributed by atoms with van der Waals surface area (Å²) >= 11 is -4.62. The molecule has 0 radical (unpaired) electrons. The molecule has 0 spiro atoms. The Hall–Kier alpha value is -1.36. The van der Waals surface area contributed by atoms with Gasteiger partial charge in [-0.05, 0) is 0 Å². The van der Waals surface area contributed by atoms with Crippen molar-refractivity contribution in [3.05, 3.63) is 89.0 Å². The van der Waals surface area contributed by atoms with Crippen molar-refractivity contribution in [3.63, 3.8) is 0 Å². The fourth-order valence-electron chi connectivity index (χ4n) is 4.72. The van der Waals surface area contributed by atoms with Crippen LogP contribution in [0.25, 0.3) is 11.1 Å². The third kappa shape index (κ3) is 3.93. The zero-order valence-corrected chi connectivity index (χ0v) is 23.5. The number of carbonyl (C=O) groups excluding carboxylic acids is 1. The van der Waals surface area contributed by atoms with E-state index in [0.717, 1.165) is 15.9 Å². The first-order valence-electron chi connectivity index (χ1n) is 11.1. The zero-order valence-electron chi connectivity index (χ0n) is 19.3. The predicted molar refractivity (Wildman–Crippen MR) is 138 cm³/mol. The van der Waals surface area contributed by atoms with E-state index in [1.54, 1.807) is 0 Å². The van der Waals surface area contributed by atoms with E-state index in [-0.39, 0.29) is 11.3 Å². The van der Waals surface area contributed by atoms with Gasteiger partial charge in [0, 0.05) is 0 Å². The van der Waals surface area contributed by atoms with E-state index in [0.29, 0.717) is 5.56 Å². The van der Waals surface area contributed by atoms with Crippen LogP contribution in [0.15, 0.2) is 66.7 Å². The molecule has 0 unspecified atom stereocenters. The zero-order chi connectivity index (χ0) is 23.3. The van der Waals surface area contributed by atoms with Gasteiger partial charge in [-0.1, -0.05) is 0 Å². The van der Waals surface area contributed by atoms with Crippen LogP contribution in [0.4, 0.5) is 0 Å². The van der Waals surface area contributed by atoms with Crippen LogP contribution in [0.5, 0.6) is 0 Å².